The van der Waals surface area contributed by atoms with Gasteiger partial charge < -0.3 is 14.6 Å². The van der Waals surface area contributed by atoms with E-state index in [4.69, 9.17) is 9.47 Å². The van der Waals surface area contributed by atoms with Crippen molar-refractivity contribution in [3.8, 4) is 0 Å². The van der Waals surface area contributed by atoms with Crippen molar-refractivity contribution in [2.75, 3.05) is 13.2 Å². The van der Waals surface area contributed by atoms with Crippen molar-refractivity contribution in [3.63, 3.8) is 0 Å². The van der Waals surface area contributed by atoms with E-state index in [-0.39, 0.29) is 25.2 Å². The highest BCUT2D eigenvalue weighted by Crippen LogP contribution is 2.12. The van der Waals surface area contributed by atoms with Crippen molar-refractivity contribution in [2.45, 2.75) is 187 Å². The molecule has 0 radical (unpaired) electrons. The van der Waals surface area contributed by atoms with Gasteiger partial charge in [-0.25, -0.2) is 0 Å². The first-order chi connectivity index (χ1) is 22.6. The lowest BCUT2D eigenvalue weighted by Gasteiger charge is -2.15. The van der Waals surface area contributed by atoms with Gasteiger partial charge in [0.25, 0.3) is 0 Å². The number of hydrogen-bond acceptors (Lipinski definition) is 5. The third-order valence-corrected chi connectivity index (χ3v) is 8.10. The van der Waals surface area contributed by atoms with E-state index in [9.17, 15) is 14.7 Å². The van der Waals surface area contributed by atoms with Crippen LogP contribution in [-0.4, -0.2) is 36.4 Å². The molecule has 0 amide bonds. The second-order valence-electron chi connectivity index (χ2n) is 12.6. The summed E-state index contributed by atoms with van der Waals surface area (Å²) < 4.78 is 10.6. The van der Waals surface area contributed by atoms with Gasteiger partial charge in [-0.15, -0.1) is 0 Å². The number of carbonyl (C=O) groups is 2. The predicted molar refractivity (Wildman–Crippen MR) is 196 cm³/mol. The smallest absolute Gasteiger partial charge is 0.306 e. The molecule has 0 aliphatic heterocycles. The zero-order valence-corrected chi connectivity index (χ0v) is 30.1. The van der Waals surface area contributed by atoms with Crippen molar-refractivity contribution in [1.82, 2.24) is 0 Å². The molecule has 0 spiro atoms. The minimum Gasteiger partial charge on any atom is -0.462 e. The van der Waals surface area contributed by atoms with Gasteiger partial charge in [0.2, 0.25) is 0 Å². The fraction of sp³-hybridized carbons (Fsp3) is 0.756. The maximum atomic E-state index is 12.1. The van der Waals surface area contributed by atoms with E-state index in [2.05, 4.69) is 62.5 Å². The molecule has 0 rings (SSSR count). The van der Waals surface area contributed by atoms with E-state index in [1.807, 2.05) is 0 Å². The molecule has 0 fully saturated rings. The minimum absolute atomic E-state index is 0.0765. The number of esters is 2. The molecular formula is C41H72O5. The molecule has 1 atom stereocenters. The van der Waals surface area contributed by atoms with Crippen LogP contribution < -0.4 is 0 Å². The number of aliphatic hydroxyl groups excluding tert-OH is 1. The predicted octanol–water partition coefficient (Wildman–Crippen LogP) is 11.8. The SMILES string of the molecule is CCCCCC=CCC=CCCCCCCCCCC(=O)OC[C@H](CO)OC(=O)CCCCCCCC=CCC=CCCCCC. The summed E-state index contributed by atoms with van der Waals surface area (Å²) in [6, 6.07) is 0. The number of carbonyl (C=O) groups excluding carboxylic acids is 2. The van der Waals surface area contributed by atoms with Gasteiger partial charge in [-0.1, -0.05) is 140 Å². The number of rotatable bonds is 34. The van der Waals surface area contributed by atoms with Gasteiger partial charge in [-0.05, 0) is 77.0 Å². The Kier molecular flexibility index (Phi) is 35.6. The van der Waals surface area contributed by atoms with Crippen LogP contribution in [0.5, 0.6) is 0 Å². The maximum absolute atomic E-state index is 12.1. The summed E-state index contributed by atoms with van der Waals surface area (Å²) in [5, 5.41) is 9.54. The summed E-state index contributed by atoms with van der Waals surface area (Å²) in [5.74, 6) is -0.618. The second-order valence-corrected chi connectivity index (χ2v) is 12.6. The fourth-order valence-corrected chi connectivity index (χ4v) is 5.14. The van der Waals surface area contributed by atoms with E-state index in [1.54, 1.807) is 0 Å². The lowest BCUT2D eigenvalue weighted by atomic mass is 10.1. The highest BCUT2D eigenvalue weighted by Gasteiger charge is 2.16. The van der Waals surface area contributed by atoms with Gasteiger partial charge in [-0.2, -0.15) is 0 Å². The molecule has 0 aromatic heterocycles. The molecule has 266 valence electrons. The van der Waals surface area contributed by atoms with E-state index in [0.717, 1.165) is 70.6 Å². The van der Waals surface area contributed by atoms with Gasteiger partial charge in [-0.3, -0.25) is 9.59 Å². The van der Waals surface area contributed by atoms with Crippen LogP contribution in [0.3, 0.4) is 0 Å². The molecule has 0 aromatic carbocycles. The molecule has 0 bridgehead atoms. The van der Waals surface area contributed by atoms with Crippen LogP contribution in [0.2, 0.25) is 0 Å². The molecule has 0 unspecified atom stereocenters. The summed E-state index contributed by atoms with van der Waals surface area (Å²) in [4.78, 5) is 24.2. The Morgan fingerprint density at radius 3 is 1.28 bits per heavy atom. The van der Waals surface area contributed by atoms with Crippen LogP contribution in [-0.2, 0) is 19.1 Å². The maximum Gasteiger partial charge on any atom is 0.306 e. The molecular weight excluding hydrogens is 572 g/mol. The highest BCUT2D eigenvalue weighted by atomic mass is 16.6. The monoisotopic (exact) mass is 645 g/mol. The Bertz CT molecular complexity index is 782. The van der Waals surface area contributed by atoms with Gasteiger partial charge in [0, 0.05) is 12.8 Å². The highest BCUT2D eigenvalue weighted by molar-refractivity contribution is 5.70. The van der Waals surface area contributed by atoms with Crippen LogP contribution in [0.15, 0.2) is 48.6 Å². The van der Waals surface area contributed by atoms with Gasteiger partial charge in [0.15, 0.2) is 6.10 Å². The first kappa shape index (κ1) is 43.9. The molecule has 5 heteroatoms. The largest absolute Gasteiger partial charge is 0.462 e. The summed E-state index contributed by atoms with van der Waals surface area (Å²) in [7, 11) is 0. The Hall–Kier alpha value is -2.14. The first-order valence-corrected chi connectivity index (χ1v) is 19.2. The van der Waals surface area contributed by atoms with Crippen molar-refractivity contribution in [3.05, 3.63) is 48.6 Å². The average Bonchev–Trinajstić information content (AvgIpc) is 3.06. The van der Waals surface area contributed by atoms with Crippen LogP contribution in [0.25, 0.3) is 0 Å². The molecule has 1 N–H and O–H groups in total. The second kappa shape index (κ2) is 37.3. The average molecular weight is 645 g/mol. The zero-order chi connectivity index (χ0) is 33.6. The van der Waals surface area contributed by atoms with Crippen molar-refractivity contribution in [2.24, 2.45) is 0 Å². The van der Waals surface area contributed by atoms with Crippen molar-refractivity contribution < 1.29 is 24.2 Å². The topological polar surface area (TPSA) is 72.8 Å². The van der Waals surface area contributed by atoms with Gasteiger partial charge in [0.1, 0.15) is 6.61 Å². The Morgan fingerprint density at radius 1 is 0.500 bits per heavy atom. The number of allylic oxidation sites excluding steroid dienone is 8. The van der Waals surface area contributed by atoms with Crippen LogP contribution in [0.4, 0.5) is 0 Å². The normalized spacial score (nSPS) is 12.7. The van der Waals surface area contributed by atoms with E-state index in [0.29, 0.717) is 12.8 Å². The quantitative estimate of drug-likeness (QED) is 0.0429. The molecule has 0 aromatic rings. The zero-order valence-electron chi connectivity index (χ0n) is 30.1. The molecule has 0 aliphatic rings. The molecule has 46 heavy (non-hydrogen) atoms. The summed E-state index contributed by atoms with van der Waals surface area (Å²) in [6.07, 6.45) is 45.9. The summed E-state index contributed by atoms with van der Waals surface area (Å²) in [5.41, 5.74) is 0. The van der Waals surface area contributed by atoms with Crippen LogP contribution in [0, 0.1) is 0 Å². The van der Waals surface area contributed by atoms with Crippen LogP contribution >= 0.6 is 0 Å². The standard InChI is InChI=1S/C41H72O5/c1-3-5-7-9-11-13-15-17-19-20-22-23-25-27-29-31-33-35-40(43)45-38-39(37-42)46-41(44)36-34-32-30-28-26-24-21-18-16-14-12-10-8-6-4-2/h11-14,17-19,21,39,42H,3-10,15-16,20,22-38H2,1-2H3/t39-/m0/s1. The molecule has 0 saturated carbocycles. The van der Waals surface area contributed by atoms with Crippen molar-refractivity contribution >= 4 is 11.9 Å². The lowest BCUT2D eigenvalue weighted by Crippen LogP contribution is -2.28. The lowest BCUT2D eigenvalue weighted by molar-refractivity contribution is -0.161. The van der Waals surface area contributed by atoms with Crippen molar-refractivity contribution in [1.29, 1.82) is 0 Å². The molecule has 0 aliphatic carbocycles. The van der Waals surface area contributed by atoms with E-state index in [1.165, 1.54) is 83.5 Å². The third-order valence-electron chi connectivity index (χ3n) is 8.10. The number of unbranched alkanes of at least 4 members (excludes halogenated alkanes) is 18. The van der Waals surface area contributed by atoms with E-state index >= 15 is 0 Å². The Balaban J connectivity index is 3.61. The van der Waals surface area contributed by atoms with Crippen LogP contribution in [0.1, 0.15) is 181 Å². The molecule has 0 heterocycles. The first-order valence-electron chi connectivity index (χ1n) is 19.2. The van der Waals surface area contributed by atoms with E-state index < -0.39 is 6.10 Å². The molecule has 0 saturated heterocycles. The Labute approximate surface area is 284 Å². The number of aliphatic hydroxyl groups is 1. The summed E-state index contributed by atoms with van der Waals surface area (Å²) in [6.45, 7) is 4.06. The minimum atomic E-state index is -0.781. The number of ether oxygens (including phenoxy) is 2. The van der Waals surface area contributed by atoms with Gasteiger partial charge in [0.05, 0.1) is 6.61 Å². The Morgan fingerprint density at radius 2 is 0.870 bits per heavy atom. The third kappa shape index (κ3) is 34.7. The summed E-state index contributed by atoms with van der Waals surface area (Å²) >= 11 is 0. The van der Waals surface area contributed by atoms with Gasteiger partial charge >= 0.3 is 11.9 Å². The molecule has 5 nitrogen and oxygen atoms in total. The fourth-order valence-electron chi connectivity index (χ4n) is 5.14. The number of hydrogen-bond donors (Lipinski definition) is 1.